The zero-order valence-corrected chi connectivity index (χ0v) is 9.06. The average molecular weight is 253 g/mol. The molecule has 0 aromatic heterocycles. The van der Waals surface area contributed by atoms with Crippen molar-refractivity contribution in [2.45, 2.75) is 25.6 Å². The fourth-order valence-corrected chi connectivity index (χ4v) is 1.51. The van der Waals surface area contributed by atoms with Crippen molar-refractivity contribution < 1.29 is 22.0 Å². The second kappa shape index (κ2) is 5.44. The first-order valence-corrected chi connectivity index (χ1v) is 5.00. The molecule has 1 rings (SSSR count). The molecular formula is C11H12F5N. The molecule has 0 bridgehead atoms. The van der Waals surface area contributed by atoms with Crippen LogP contribution in [0.4, 0.5) is 22.0 Å². The Labute approximate surface area is 95.6 Å². The van der Waals surface area contributed by atoms with Crippen molar-refractivity contribution in [3.8, 4) is 0 Å². The Hall–Kier alpha value is -1.17. The molecule has 1 atom stereocenters. The van der Waals surface area contributed by atoms with Gasteiger partial charge in [0, 0.05) is 6.04 Å². The molecule has 0 heterocycles. The van der Waals surface area contributed by atoms with E-state index in [0.29, 0.717) is 0 Å². The van der Waals surface area contributed by atoms with Gasteiger partial charge in [0.05, 0.1) is 12.1 Å². The minimum Gasteiger partial charge on any atom is -0.305 e. The van der Waals surface area contributed by atoms with Crippen LogP contribution < -0.4 is 5.32 Å². The normalized spacial score (nSPS) is 14.1. The number of benzene rings is 1. The summed E-state index contributed by atoms with van der Waals surface area (Å²) < 4.78 is 61.8. The minimum absolute atomic E-state index is 0.0272. The van der Waals surface area contributed by atoms with Gasteiger partial charge >= 0.3 is 6.18 Å². The van der Waals surface area contributed by atoms with Gasteiger partial charge in [-0.3, -0.25) is 0 Å². The summed E-state index contributed by atoms with van der Waals surface area (Å²) in [6.07, 6.45) is -7.06. The first-order chi connectivity index (χ1) is 7.82. The molecule has 17 heavy (non-hydrogen) atoms. The van der Waals surface area contributed by atoms with Gasteiger partial charge in [-0.25, -0.2) is 8.78 Å². The highest BCUT2D eigenvalue weighted by atomic mass is 19.4. The summed E-state index contributed by atoms with van der Waals surface area (Å²) in [5.74, 6) is 0. The maximum atomic E-state index is 12.6. The van der Waals surface area contributed by atoms with Crippen LogP contribution in [0.2, 0.25) is 0 Å². The third kappa shape index (κ3) is 3.96. The van der Waals surface area contributed by atoms with Crippen LogP contribution in [0.1, 0.15) is 24.1 Å². The van der Waals surface area contributed by atoms with E-state index in [-0.39, 0.29) is 5.56 Å². The first-order valence-electron chi connectivity index (χ1n) is 5.00. The SMILES string of the molecule is CC(NCC(F)F)c1ccccc1C(F)(F)F. The van der Waals surface area contributed by atoms with Crippen molar-refractivity contribution in [1.29, 1.82) is 0 Å². The number of hydrogen-bond acceptors (Lipinski definition) is 1. The Bertz CT molecular complexity index is 361. The zero-order valence-electron chi connectivity index (χ0n) is 9.06. The molecule has 0 fully saturated rings. The van der Waals surface area contributed by atoms with Gasteiger partial charge in [-0.1, -0.05) is 18.2 Å². The maximum Gasteiger partial charge on any atom is 0.416 e. The number of alkyl halides is 5. The Balaban J connectivity index is 2.89. The van der Waals surface area contributed by atoms with Gasteiger partial charge in [0.1, 0.15) is 0 Å². The molecule has 1 unspecified atom stereocenters. The summed E-state index contributed by atoms with van der Waals surface area (Å²) in [6, 6.07) is 4.17. The molecule has 0 aliphatic carbocycles. The smallest absolute Gasteiger partial charge is 0.305 e. The van der Waals surface area contributed by atoms with Gasteiger partial charge in [0.25, 0.3) is 6.43 Å². The summed E-state index contributed by atoms with van der Waals surface area (Å²) in [5, 5.41) is 2.36. The lowest BCUT2D eigenvalue weighted by Crippen LogP contribution is -2.26. The summed E-state index contributed by atoms with van der Waals surface area (Å²) in [6.45, 7) is 0.792. The van der Waals surface area contributed by atoms with Gasteiger partial charge in [-0.2, -0.15) is 13.2 Å². The van der Waals surface area contributed by atoms with Crippen LogP contribution in [-0.2, 0) is 6.18 Å². The Kier molecular flexibility index (Phi) is 4.45. The van der Waals surface area contributed by atoms with E-state index in [4.69, 9.17) is 0 Å². The van der Waals surface area contributed by atoms with Crippen LogP contribution in [0.15, 0.2) is 24.3 Å². The molecule has 1 aromatic rings. The first kappa shape index (κ1) is 13.9. The molecule has 1 aromatic carbocycles. The molecule has 0 radical (unpaired) electrons. The van der Waals surface area contributed by atoms with E-state index in [1.807, 2.05) is 0 Å². The minimum atomic E-state index is -4.47. The topological polar surface area (TPSA) is 12.0 Å². The third-order valence-corrected chi connectivity index (χ3v) is 2.31. The molecule has 0 aliphatic heterocycles. The van der Waals surface area contributed by atoms with E-state index >= 15 is 0 Å². The second-order valence-corrected chi connectivity index (χ2v) is 3.61. The van der Waals surface area contributed by atoms with Gasteiger partial charge in [-0.05, 0) is 18.6 Å². The number of rotatable bonds is 4. The number of hydrogen-bond donors (Lipinski definition) is 1. The summed E-state index contributed by atoms with van der Waals surface area (Å²) in [4.78, 5) is 0. The highest BCUT2D eigenvalue weighted by Crippen LogP contribution is 2.34. The molecule has 0 saturated heterocycles. The highest BCUT2D eigenvalue weighted by Gasteiger charge is 2.34. The van der Waals surface area contributed by atoms with E-state index in [1.165, 1.54) is 25.1 Å². The Morgan fingerprint density at radius 3 is 2.29 bits per heavy atom. The van der Waals surface area contributed by atoms with Gasteiger partial charge < -0.3 is 5.32 Å². The van der Waals surface area contributed by atoms with Gasteiger partial charge in [0.2, 0.25) is 0 Å². The van der Waals surface area contributed by atoms with Crippen molar-refractivity contribution in [3.05, 3.63) is 35.4 Å². The molecular weight excluding hydrogens is 241 g/mol. The predicted octanol–water partition coefficient (Wildman–Crippen LogP) is 3.62. The summed E-state index contributed by atoms with van der Waals surface area (Å²) in [5.41, 5.74) is -0.824. The van der Waals surface area contributed by atoms with Crippen LogP contribution >= 0.6 is 0 Å². The van der Waals surface area contributed by atoms with Crippen LogP contribution in [-0.4, -0.2) is 13.0 Å². The van der Waals surface area contributed by atoms with Crippen molar-refractivity contribution >= 4 is 0 Å². The van der Waals surface area contributed by atoms with E-state index in [2.05, 4.69) is 5.32 Å². The molecule has 96 valence electrons. The fraction of sp³-hybridized carbons (Fsp3) is 0.455. The van der Waals surface area contributed by atoms with Crippen LogP contribution in [0, 0.1) is 0 Å². The van der Waals surface area contributed by atoms with Crippen molar-refractivity contribution in [2.24, 2.45) is 0 Å². The monoisotopic (exact) mass is 253 g/mol. The van der Waals surface area contributed by atoms with Gasteiger partial charge in [-0.15, -0.1) is 0 Å². The summed E-state index contributed by atoms with van der Waals surface area (Å²) in [7, 11) is 0. The lowest BCUT2D eigenvalue weighted by Gasteiger charge is -2.19. The van der Waals surface area contributed by atoms with E-state index < -0.39 is 30.8 Å². The lowest BCUT2D eigenvalue weighted by atomic mass is 10.0. The average Bonchev–Trinajstić information content (AvgIpc) is 2.24. The summed E-state index contributed by atoms with van der Waals surface area (Å²) >= 11 is 0. The molecule has 0 saturated carbocycles. The van der Waals surface area contributed by atoms with Crippen LogP contribution in [0.25, 0.3) is 0 Å². The van der Waals surface area contributed by atoms with Crippen molar-refractivity contribution in [1.82, 2.24) is 5.32 Å². The zero-order chi connectivity index (χ0) is 13.1. The van der Waals surface area contributed by atoms with Gasteiger partial charge in [0.15, 0.2) is 0 Å². The number of nitrogens with one attached hydrogen (secondary N) is 1. The lowest BCUT2D eigenvalue weighted by molar-refractivity contribution is -0.138. The van der Waals surface area contributed by atoms with E-state index in [0.717, 1.165) is 6.07 Å². The Morgan fingerprint density at radius 2 is 1.76 bits per heavy atom. The molecule has 1 N–H and O–H groups in total. The van der Waals surface area contributed by atoms with Crippen molar-refractivity contribution in [3.63, 3.8) is 0 Å². The molecule has 0 spiro atoms. The maximum absolute atomic E-state index is 12.6. The molecule has 6 heteroatoms. The largest absolute Gasteiger partial charge is 0.416 e. The molecule has 0 amide bonds. The van der Waals surface area contributed by atoms with E-state index in [1.54, 1.807) is 0 Å². The third-order valence-electron chi connectivity index (χ3n) is 2.31. The number of halogens is 5. The van der Waals surface area contributed by atoms with Crippen molar-refractivity contribution in [2.75, 3.05) is 6.54 Å². The Morgan fingerprint density at radius 1 is 1.18 bits per heavy atom. The molecule has 0 aliphatic rings. The van der Waals surface area contributed by atoms with Crippen LogP contribution in [0.5, 0.6) is 0 Å². The molecule has 1 nitrogen and oxygen atoms in total. The van der Waals surface area contributed by atoms with Crippen LogP contribution in [0.3, 0.4) is 0 Å². The quantitative estimate of drug-likeness (QED) is 0.808. The fourth-order valence-electron chi connectivity index (χ4n) is 1.51. The second-order valence-electron chi connectivity index (χ2n) is 3.61. The standard InChI is InChI=1S/C11H12F5N/c1-7(17-6-10(12)13)8-4-2-3-5-9(8)11(14,15)16/h2-5,7,10,17H,6H2,1H3. The predicted molar refractivity (Wildman–Crippen MR) is 53.9 cm³/mol. The highest BCUT2D eigenvalue weighted by molar-refractivity contribution is 5.31. The van der Waals surface area contributed by atoms with E-state index in [9.17, 15) is 22.0 Å².